The van der Waals surface area contributed by atoms with Crippen LogP contribution in [0.2, 0.25) is 0 Å². The molecule has 0 radical (unpaired) electrons. The molecule has 21 heavy (non-hydrogen) atoms. The highest BCUT2D eigenvalue weighted by atomic mass is 16.5. The summed E-state index contributed by atoms with van der Waals surface area (Å²) in [5, 5.41) is 14.2. The van der Waals surface area contributed by atoms with E-state index in [4.69, 9.17) is 4.74 Å². The lowest BCUT2D eigenvalue weighted by Crippen LogP contribution is -2.35. The van der Waals surface area contributed by atoms with Gasteiger partial charge in [-0.05, 0) is 28.0 Å². The van der Waals surface area contributed by atoms with Gasteiger partial charge in [0.05, 0.1) is 19.3 Å². The first-order chi connectivity index (χ1) is 9.60. The van der Waals surface area contributed by atoms with Crippen molar-refractivity contribution in [2.75, 3.05) is 19.8 Å². The molecule has 1 atom stereocenters. The van der Waals surface area contributed by atoms with Gasteiger partial charge >= 0.3 is 0 Å². The standard InChI is InChI=1S/C18H29NO2/c1-17(2,3)12-9-13(15-11-21-8-7-19-15)16(20)14(10-12)18(4,5)6/h9-10,15,19-20H,7-8,11H2,1-6H3/t15-/m0/s1. The number of phenols is 1. The van der Waals surface area contributed by atoms with E-state index in [0.29, 0.717) is 12.4 Å². The third kappa shape index (κ3) is 3.58. The third-order valence-corrected chi connectivity index (χ3v) is 4.11. The van der Waals surface area contributed by atoms with Crippen LogP contribution in [0.5, 0.6) is 5.75 Å². The average molecular weight is 291 g/mol. The van der Waals surface area contributed by atoms with Crippen molar-refractivity contribution in [3.8, 4) is 5.75 Å². The molecule has 118 valence electrons. The molecule has 0 saturated carbocycles. The Morgan fingerprint density at radius 3 is 2.24 bits per heavy atom. The van der Waals surface area contributed by atoms with E-state index >= 15 is 0 Å². The SMILES string of the molecule is CC(C)(C)c1cc([C@@H]2COCCN2)c(O)c(C(C)(C)C)c1. The fourth-order valence-corrected chi connectivity index (χ4v) is 2.69. The molecule has 1 heterocycles. The van der Waals surface area contributed by atoms with Crippen LogP contribution in [0.3, 0.4) is 0 Å². The summed E-state index contributed by atoms with van der Waals surface area (Å²) in [7, 11) is 0. The monoisotopic (exact) mass is 291 g/mol. The number of aromatic hydroxyl groups is 1. The number of hydrogen-bond donors (Lipinski definition) is 2. The predicted molar refractivity (Wildman–Crippen MR) is 87.1 cm³/mol. The lowest BCUT2D eigenvalue weighted by Gasteiger charge is -2.31. The fraction of sp³-hybridized carbons (Fsp3) is 0.667. The number of nitrogens with one attached hydrogen (secondary N) is 1. The van der Waals surface area contributed by atoms with Crippen molar-refractivity contribution in [1.82, 2.24) is 5.32 Å². The topological polar surface area (TPSA) is 41.5 Å². The van der Waals surface area contributed by atoms with Crippen molar-refractivity contribution < 1.29 is 9.84 Å². The van der Waals surface area contributed by atoms with Crippen molar-refractivity contribution in [2.24, 2.45) is 0 Å². The van der Waals surface area contributed by atoms with Crippen LogP contribution in [0, 0.1) is 0 Å². The van der Waals surface area contributed by atoms with E-state index in [1.54, 1.807) is 0 Å². The third-order valence-electron chi connectivity index (χ3n) is 4.11. The van der Waals surface area contributed by atoms with E-state index in [-0.39, 0.29) is 16.9 Å². The summed E-state index contributed by atoms with van der Waals surface area (Å²) in [6.45, 7) is 15.2. The highest BCUT2D eigenvalue weighted by molar-refractivity contribution is 5.50. The van der Waals surface area contributed by atoms with Crippen LogP contribution < -0.4 is 5.32 Å². The Labute approximate surface area is 128 Å². The molecule has 1 fully saturated rings. The van der Waals surface area contributed by atoms with Crippen LogP contribution in [0.1, 0.15) is 64.3 Å². The lowest BCUT2D eigenvalue weighted by atomic mass is 9.78. The van der Waals surface area contributed by atoms with Crippen LogP contribution in [-0.4, -0.2) is 24.9 Å². The number of phenolic OH excluding ortho intramolecular Hbond substituents is 1. The molecule has 3 nitrogen and oxygen atoms in total. The summed E-state index contributed by atoms with van der Waals surface area (Å²) in [6, 6.07) is 4.36. The average Bonchev–Trinajstić information content (AvgIpc) is 2.37. The zero-order valence-electron chi connectivity index (χ0n) is 14.2. The molecule has 1 saturated heterocycles. The Morgan fingerprint density at radius 2 is 1.76 bits per heavy atom. The van der Waals surface area contributed by atoms with Gasteiger partial charge in [-0.15, -0.1) is 0 Å². The summed E-state index contributed by atoms with van der Waals surface area (Å²) in [5.74, 6) is 0.415. The van der Waals surface area contributed by atoms with Gasteiger partial charge in [0.25, 0.3) is 0 Å². The molecule has 0 aliphatic carbocycles. The minimum atomic E-state index is -0.0877. The summed E-state index contributed by atoms with van der Waals surface area (Å²) in [5.41, 5.74) is 3.20. The first kappa shape index (κ1) is 16.3. The van der Waals surface area contributed by atoms with Gasteiger partial charge in [0.2, 0.25) is 0 Å². The van der Waals surface area contributed by atoms with E-state index in [2.05, 4.69) is 59.0 Å². The first-order valence-electron chi connectivity index (χ1n) is 7.79. The molecular weight excluding hydrogens is 262 g/mol. The zero-order valence-corrected chi connectivity index (χ0v) is 14.2. The molecule has 1 aliphatic heterocycles. The van der Waals surface area contributed by atoms with Crippen LogP contribution in [0.15, 0.2) is 12.1 Å². The molecule has 1 aromatic rings. The molecule has 2 N–H and O–H groups in total. The Hall–Kier alpha value is -1.06. The molecule has 3 heteroatoms. The second-order valence-electron chi connectivity index (χ2n) is 8.04. The summed E-state index contributed by atoms with van der Waals surface area (Å²) in [6.07, 6.45) is 0. The van der Waals surface area contributed by atoms with Crippen molar-refractivity contribution in [2.45, 2.75) is 58.4 Å². The normalized spacial score (nSPS) is 20.6. The number of hydrogen-bond acceptors (Lipinski definition) is 3. The lowest BCUT2D eigenvalue weighted by molar-refractivity contribution is 0.0759. The first-order valence-corrected chi connectivity index (χ1v) is 7.79. The quantitative estimate of drug-likeness (QED) is 0.830. The molecule has 0 aromatic heterocycles. The minimum absolute atomic E-state index is 0.0535. The van der Waals surface area contributed by atoms with E-state index < -0.39 is 0 Å². The highest BCUT2D eigenvalue weighted by Gasteiger charge is 2.28. The Balaban J connectivity index is 2.57. The molecule has 1 aromatic carbocycles. The Bertz CT molecular complexity index is 503. The molecule has 1 aliphatic rings. The van der Waals surface area contributed by atoms with E-state index in [9.17, 15) is 5.11 Å². The second kappa shape index (κ2) is 5.62. The van der Waals surface area contributed by atoms with Crippen molar-refractivity contribution in [3.05, 3.63) is 28.8 Å². The Morgan fingerprint density at radius 1 is 1.10 bits per heavy atom. The van der Waals surface area contributed by atoms with Crippen LogP contribution >= 0.6 is 0 Å². The van der Waals surface area contributed by atoms with E-state index in [1.807, 2.05) is 0 Å². The maximum atomic E-state index is 10.8. The molecular formula is C18H29NO2. The van der Waals surface area contributed by atoms with Gasteiger partial charge in [-0.1, -0.05) is 47.6 Å². The number of benzene rings is 1. The van der Waals surface area contributed by atoms with Crippen LogP contribution in [-0.2, 0) is 15.6 Å². The fourth-order valence-electron chi connectivity index (χ4n) is 2.69. The maximum absolute atomic E-state index is 10.8. The van der Waals surface area contributed by atoms with E-state index in [0.717, 1.165) is 24.3 Å². The van der Waals surface area contributed by atoms with Crippen LogP contribution in [0.4, 0.5) is 0 Å². The largest absolute Gasteiger partial charge is 0.507 e. The number of ether oxygens (including phenoxy) is 1. The molecule has 0 bridgehead atoms. The molecule has 0 amide bonds. The molecule has 2 rings (SSSR count). The Kier molecular flexibility index (Phi) is 4.36. The van der Waals surface area contributed by atoms with Crippen LogP contribution in [0.25, 0.3) is 0 Å². The second-order valence-corrected chi connectivity index (χ2v) is 8.04. The highest BCUT2D eigenvalue weighted by Crippen LogP contribution is 2.40. The number of rotatable bonds is 1. The van der Waals surface area contributed by atoms with Crippen molar-refractivity contribution in [3.63, 3.8) is 0 Å². The smallest absolute Gasteiger partial charge is 0.124 e. The summed E-state index contributed by atoms with van der Waals surface area (Å²) in [4.78, 5) is 0. The summed E-state index contributed by atoms with van der Waals surface area (Å²) < 4.78 is 5.57. The van der Waals surface area contributed by atoms with Gasteiger partial charge in [0, 0.05) is 12.1 Å². The minimum Gasteiger partial charge on any atom is -0.507 e. The maximum Gasteiger partial charge on any atom is 0.124 e. The number of morpholine rings is 1. The van der Waals surface area contributed by atoms with Gasteiger partial charge in [-0.25, -0.2) is 0 Å². The van der Waals surface area contributed by atoms with Crippen molar-refractivity contribution >= 4 is 0 Å². The van der Waals surface area contributed by atoms with Gasteiger partial charge in [-0.2, -0.15) is 0 Å². The van der Waals surface area contributed by atoms with Gasteiger partial charge in [0.15, 0.2) is 0 Å². The van der Waals surface area contributed by atoms with Gasteiger partial charge in [0.1, 0.15) is 5.75 Å². The van der Waals surface area contributed by atoms with Crippen molar-refractivity contribution in [1.29, 1.82) is 0 Å². The van der Waals surface area contributed by atoms with E-state index in [1.165, 1.54) is 5.56 Å². The zero-order chi connectivity index (χ0) is 15.8. The predicted octanol–water partition coefficient (Wildman–Crippen LogP) is 3.65. The summed E-state index contributed by atoms with van der Waals surface area (Å²) >= 11 is 0. The molecule has 0 unspecified atom stereocenters. The van der Waals surface area contributed by atoms with Gasteiger partial charge in [-0.3, -0.25) is 0 Å². The molecule has 0 spiro atoms. The van der Waals surface area contributed by atoms with Gasteiger partial charge < -0.3 is 15.2 Å².